The molecule has 1 N–H and O–H groups in total. The van der Waals surface area contributed by atoms with E-state index in [0.29, 0.717) is 28.1 Å². The molecule has 0 aliphatic heterocycles. The zero-order chi connectivity index (χ0) is 19.5. The molecule has 0 unspecified atom stereocenters. The summed E-state index contributed by atoms with van der Waals surface area (Å²) in [7, 11) is 0. The fourth-order valence-corrected chi connectivity index (χ4v) is 3.84. The van der Waals surface area contributed by atoms with Gasteiger partial charge in [-0.25, -0.2) is 14.4 Å². The van der Waals surface area contributed by atoms with Gasteiger partial charge in [0.2, 0.25) is 5.89 Å². The van der Waals surface area contributed by atoms with Gasteiger partial charge in [0.25, 0.3) is 5.91 Å². The van der Waals surface area contributed by atoms with Gasteiger partial charge in [-0.3, -0.25) is 9.36 Å². The average Bonchev–Trinajstić information content (AvgIpc) is 3.46. The number of carbonyl (C=O) groups excluding carboxylic acids is 1. The van der Waals surface area contributed by atoms with Gasteiger partial charge in [0.1, 0.15) is 17.8 Å². The van der Waals surface area contributed by atoms with Crippen LogP contribution in [0.5, 0.6) is 0 Å². The number of rotatable bonds is 6. The molecule has 142 valence electrons. The predicted molar refractivity (Wildman–Crippen MR) is 106 cm³/mol. The Kier molecular flexibility index (Phi) is 5.27. The Balaban J connectivity index is 1.52. The highest BCUT2D eigenvalue weighted by molar-refractivity contribution is 7.98. The molecule has 1 aromatic carbocycles. The molecule has 3 aromatic heterocycles. The van der Waals surface area contributed by atoms with Crippen molar-refractivity contribution in [1.82, 2.24) is 19.9 Å². The van der Waals surface area contributed by atoms with Crippen LogP contribution in [0.4, 0.5) is 4.39 Å². The molecule has 0 radical (unpaired) electrons. The molecule has 0 saturated heterocycles. The van der Waals surface area contributed by atoms with Gasteiger partial charge < -0.3 is 9.73 Å². The molecule has 4 rings (SSSR count). The molecule has 0 aliphatic carbocycles. The molecule has 0 aliphatic rings. The first-order valence-corrected chi connectivity index (χ1v) is 10.4. The molecular weight excluding hydrogens is 399 g/mol. The minimum absolute atomic E-state index is 0.219. The number of thiophene rings is 1. The fourth-order valence-electron chi connectivity index (χ4n) is 2.64. The highest BCUT2D eigenvalue weighted by Crippen LogP contribution is 2.24. The Morgan fingerprint density at radius 2 is 2.14 bits per heavy atom. The van der Waals surface area contributed by atoms with E-state index in [4.69, 9.17) is 4.42 Å². The maximum Gasteiger partial charge on any atom is 0.270 e. The molecule has 0 atom stereocenters. The van der Waals surface area contributed by atoms with E-state index in [1.807, 2.05) is 23.8 Å². The van der Waals surface area contributed by atoms with Crippen molar-refractivity contribution in [3.63, 3.8) is 0 Å². The Morgan fingerprint density at radius 3 is 2.86 bits per heavy atom. The summed E-state index contributed by atoms with van der Waals surface area (Å²) in [5.41, 5.74) is 1.64. The van der Waals surface area contributed by atoms with E-state index in [9.17, 15) is 9.18 Å². The monoisotopic (exact) mass is 414 g/mol. The molecule has 4 aromatic rings. The summed E-state index contributed by atoms with van der Waals surface area (Å²) in [5, 5.41) is 5.41. The summed E-state index contributed by atoms with van der Waals surface area (Å²) in [6, 6.07) is 9.76. The number of halogens is 1. The van der Waals surface area contributed by atoms with E-state index in [1.165, 1.54) is 47.7 Å². The van der Waals surface area contributed by atoms with Crippen LogP contribution in [-0.2, 0) is 6.54 Å². The maximum atomic E-state index is 13.3. The Labute approximate surface area is 168 Å². The molecule has 6 nitrogen and oxygen atoms in total. The van der Waals surface area contributed by atoms with Crippen LogP contribution in [0.15, 0.2) is 63.8 Å². The van der Waals surface area contributed by atoms with Gasteiger partial charge in [-0.2, -0.15) is 0 Å². The number of hydrogen-bond donors (Lipinski definition) is 1. The molecule has 28 heavy (non-hydrogen) atoms. The number of nitrogens with zero attached hydrogens (tertiary/aromatic N) is 3. The van der Waals surface area contributed by atoms with Crippen molar-refractivity contribution < 1.29 is 13.6 Å². The normalized spacial score (nSPS) is 10.9. The van der Waals surface area contributed by atoms with E-state index in [2.05, 4.69) is 15.3 Å². The van der Waals surface area contributed by atoms with Crippen molar-refractivity contribution in [2.75, 3.05) is 6.26 Å². The first-order valence-electron chi connectivity index (χ1n) is 8.30. The van der Waals surface area contributed by atoms with Gasteiger partial charge >= 0.3 is 0 Å². The quantitative estimate of drug-likeness (QED) is 0.474. The van der Waals surface area contributed by atoms with E-state index in [0.717, 1.165) is 4.88 Å². The van der Waals surface area contributed by atoms with Gasteiger partial charge in [-0.05, 0) is 42.0 Å². The van der Waals surface area contributed by atoms with Gasteiger partial charge in [-0.15, -0.1) is 11.3 Å². The molecule has 0 bridgehead atoms. The molecule has 1 amide bonds. The zero-order valence-corrected chi connectivity index (χ0v) is 16.4. The van der Waals surface area contributed by atoms with Gasteiger partial charge in [-0.1, -0.05) is 17.8 Å². The lowest BCUT2D eigenvalue weighted by Gasteiger charge is -2.10. The number of thioether (sulfide) groups is 1. The van der Waals surface area contributed by atoms with Crippen LogP contribution in [0.2, 0.25) is 0 Å². The third-order valence-corrected chi connectivity index (χ3v) is 5.45. The minimum atomic E-state index is -0.340. The Bertz CT molecular complexity index is 1090. The number of benzene rings is 1. The largest absolute Gasteiger partial charge is 0.443 e. The molecule has 0 saturated carbocycles. The number of amides is 1. The van der Waals surface area contributed by atoms with Crippen LogP contribution in [0.25, 0.3) is 16.5 Å². The van der Waals surface area contributed by atoms with Crippen molar-refractivity contribution in [1.29, 1.82) is 0 Å². The summed E-state index contributed by atoms with van der Waals surface area (Å²) < 4.78 is 20.4. The van der Waals surface area contributed by atoms with Crippen LogP contribution in [0, 0.1) is 5.82 Å². The number of imidazole rings is 1. The number of hydrogen-bond acceptors (Lipinski definition) is 6. The van der Waals surface area contributed by atoms with Crippen molar-refractivity contribution in [3.05, 3.63) is 71.4 Å². The number of oxazole rings is 1. The lowest BCUT2D eigenvalue weighted by molar-refractivity contribution is 0.0943. The van der Waals surface area contributed by atoms with Gasteiger partial charge in [0, 0.05) is 5.69 Å². The van der Waals surface area contributed by atoms with Gasteiger partial charge in [0.15, 0.2) is 5.16 Å². The van der Waals surface area contributed by atoms with Crippen LogP contribution in [-0.4, -0.2) is 26.7 Å². The standard InChI is InChI=1S/C19H15FN4O2S2/c1-27-19-22-10-15(24(19)14-6-4-12(20)5-7-14)17(25)21-9-13-11-26-18(23-13)16-3-2-8-28-16/h2-8,10-11H,9H2,1H3,(H,21,25). The lowest BCUT2D eigenvalue weighted by Crippen LogP contribution is -2.25. The molecule has 0 fully saturated rings. The van der Waals surface area contributed by atoms with Crippen molar-refractivity contribution in [3.8, 4) is 16.5 Å². The third-order valence-electron chi connectivity index (χ3n) is 3.94. The summed E-state index contributed by atoms with van der Waals surface area (Å²) in [6.45, 7) is 0.219. The van der Waals surface area contributed by atoms with Crippen molar-refractivity contribution >= 4 is 29.0 Å². The SMILES string of the molecule is CSc1ncc(C(=O)NCc2coc(-c3cccs3)n2)n1-c1ccc(F)cc1. The van der Waals surface area contributed by atoms with Crippen LogP contribution >= 0.6 is 23.1 Å². The number of nitrogens with one attached hydrogen (secondary N) is 1. The summed E-state index contributed by atoms with van der Waals surface area (Å²) in [4.78, 5) is 22.3. The first kappa shape index (κ1) is 18.5. The number of carbonyl (C=O) groups is 1. The van der Waals surface area contributed by atoms with Crippen LogP contribution in [0.3, 0.4) is 0 Å². The highest BCUT2D eigenvalue weighted by atomic mass is 32.2. The smallest absolute Gasteiger partial charge is 0.270 e. The first-order chi connectivity index (χ1) is 13.7. The van der Waals surface area contributed by atoms with Gasteiger partial charge in [0.05, 0.1) is 23.3 Å². The number of aromatic nitrogens is 3. The zero-order valence-electron chi connectivity index (χ0n) is 14.8. The second-order valence-corrected chi connectivity index (χ2v) is 7.47. The third kappa shape index (κ3) is 3.71. The van der Waals surface area contributed by atoms with Crippen molar-refractivity contribution in [2.24, 2.45) is 0 Å². The minimum Gasteiger partial charge on any atom is -0.443 e. The Morgan fingerprint density at radius 1 is 1.32 bits per heavy atom. The van der Waals surface area contributed by atoms with E-state index >= 15 is 0 Å². The second kappa shape index (κ2) is 7.99. The van der Waals surface area contributed by atoms with E-state index in [1.54, 1.807) is 16.7 Å². The topological polar surface area (TPSA) is 73.0 Å². The van der Waals surface area contributed by atoms with E-state index in [-0.39, 0.29) is 18.3 Å². The molecular formula is C19H15FN4O2S2. The second-order valence-electron chi connectivity index (χ2n) is 5.75. The van der Waals surface area contributed by atoms with Crippen LogP contribution < -0.4 is 5.32 Å². The fraction of sp³-hybridized carbons (Fsp3) is 0.105. The Hall–Kier alpha value is -2.91. The maximum absolute atomic E-state index is 13.3. The lowest BCUT2D eigenvalue weighted by atomic mass is 10.3. The molecule has 0 spiro atoms. The molecule has 9 heteroatoms. The van der Waals surface area contributed by atoms with Crippen molar-refractivity contribution in [2.45, 2.75) is 11.7 Å². The highest BCUT2D eigenvalue weighted by Gasteiger charge is 2.18. The summed E-state index contributed by atoms with van der Waals surface area (Å²) >= 11 is 2.93. The van der Waals surface area contributed by atoms with E-state index < -0.39 is 0 Å². The average molecular weight is 414 g/mol. The summed E-state index contributed by atoms with van der Waals surface area (Å²) in [6.07, 6.45) is 4.90. The summed E-state index contributed by atoms with van der Waals surface area (Å²) in [5.74, 6) is -0.119. The van der Waals surface area contributed by atoms with Crippen LogP contribution in [0.1, 0.15) is 16.2 Å². The predicted octanol–water partition coefficient (Wildman–Crippen LogP) is 4.38. The molecule has 3 heterocycles.